The van der Waals surface area contributed by atoms with Crippen molar-refractivity contribution in [2.24, 2.45) is 0 Å². The number of hydrogen-bond donors (Lipinski definition) is 1. The first kappa shape index (κ1) is 15.6. The number of amides is 1. The number of aromatic nitrogens is 3. The smallest absolute Gasteiger partial charge is 0.234 e. The standard InChI is InChI=1S/C16H21N5O2/c22-16(18-10-14-4-1-2-5-17-14)13-20-8-9-23-15(11-20)12-21-7-3-6-19-21/h1-7,15H,8-13H2,(H,18,22). The number of pyridine rings is 1. The Balaban J connectivity index is 1.42. The van der Waals surface area contributed by atoms with E-state index in [9.17, 15) is 4.79 Å². The van der Waals surface area contributed by atoms with Gasteiger partial charge in [0.05, 0.1) is 38.0 Å². The summed E-state index contributed by atoms with van der Waals surface area (Å²) in [4.78, 5) is 18.4. The SMILES string of the molecule is O=C(CN1CCOC(Cn2cccn2)C1)NCc1ccccn1. The summed E-state index contributed by atoms with van der Waals surface area (Å²) in [6.45, 7) is 3.69. The van der Waals surface area contributed by atoms with Crippen molar-refractivity contribution in [2.75, 3.05) is 26.2 Å². The molecule has 0 spiro atoms. The minimum Gasteiger partial charge on any atom is -0.374 e. The number of ether oxygens (including phenoxy) is 1. The molecule has 1 fully saturated rings. The fraction of sp³-hybridized carbons (Fsp3) is 0.438. The Bertz CT molecular complexity index is 602. The first-order valence-electron chi connectivity index (χ1n) is 7.77. The van der Waals surface area contributed by atoms with Crippen molar-refractivity contribution >= 4 is 5.91 Å². The van der Waals surface area contributed by atoms with Gasteiger partial charge in [-0.3, -0.25) is 19.4 Å². The highest BCUT2D eigenvalue weighted by Gasteiger charge is 2.22. The second-order valence-electron chi connectivity index (χ2n) is 5.55. The first-order chi connectivity index (χ1) is 11.3. The third-order valence-electron chi connectivity index (χ3n) is 3.73. The molecule has 3 rings (SSSR count). The summed E-state index contributed by atoms with van der Waals surface area (Å²) in [7, 11) is 0. The van der Waals surface area contributed by atoms with Gasteiger partial charge in [-0.2, -0.15) is 5.10 Å². The zero-order valence-corrected chi connectivity index (χ0v) is 13.0. The highest BCUT2D eigenvalue weighted by molar-refractivity contribution is 5.77. The van der Waals surface area contributed by atoms with Crippen molar-refractivity contribution in [3.8, 4) is 0 Å². The number of nitrogens with zero attached hydrogens (tertiary/aromatic N) is 4. The van der Waals surface area contributed by atoms with Crippen LogP contribution in [0.5, 0.6) is 0 Å². The summed E-state index contributed by atoms with van der Waals surface area (Å²) in [6.07, 6.45) is 5.46. The Labute approximate surface area is 135 Å². The topological polar surface area (TPSA) is 72.3 Å². The zero-order valence-electron chi connectivity index (χ0n) is 13.0. The van der Waals surface area contributed by atoms with Gasteiger partial charge in [0, 0.05) is 31.7 Å². The lowest BCUT2D eigenvalue weighted by Gasteiger charge is -2.32. The van der Waals surface area contributed by atoms with E-state index in [1.165, 1.54) is 0 Å². The molecule has 1 atom stereocenters. The molecule has 1 N–H and O–H groups in total. The molecule has 3 heterocycles. The van der Waals surface area contributed by atoms with Gasteiger partial charge in [0.25, 0.3) is 0 Å². The maximum Gasteiger partial charge on any atom is 0.234 e. The van der Waals surface area contributed by atoms with Crippen molar-refractivity contribution in [1.29, 1.82) is 0 Å². The number of carbonyl (C=O) groups is 1. The number of morpholine rings is 1. The van der Waals surface area contributed by atoms with Crippen LogP contribution in [0.2, 0.25) is 0 Å². The van der Waals surface area contributed by atoms with Crippen LogP contribution >= 0.6 is 0 Å². The molecule has 0 saturated carbocycles. The van der Waals surface area contributed by atoms with Crippen molar-refractivity contribution in [2.45, 2.75) is 19.2 Å². The maximum atomic E-state index is 12.1. The lowest BCUT2D eigenvalue weighted by Crippen LogP contribution is -2.48. The molecule has 2 aromatic rings. The number of nitrogens with one attached hydrogen (secondary N) is 1. The number of carbonyl (C=O) groups excluding carboxylic acids is 1. The van der Waals surface area contributed by atoms with Crippen LogP contribution in [0, 0.1) is 0 Å². The number of hydrogen-bond acceptors (Lipinski definition) is 5. The van der Waals surface area contributed by atoms with E-state index in [0.717, 1.165) is 18.8 Å². The van der Waals surface area contributed by atoms with E-state index < -0.39 is 0 Å². The Morgan fingerprint density at radius 2 is 2.30 bits per heavy atom. The molecule has 0 bridgehead atoms. The van der Waals surface area contributed by atoms with Crippen LogP contribution in [0.1, 0.15) is 5.69 Å². The monoisotopic (exact) mass is 315 g/mol. The van der Waals surface area contributed by atoms with Crippen molar-refractivity contribution in [3.63, 3.8) is 0 Å². The average Bonchev–Trinajstić information content (AvgIpc) is 3.07. The van der Waals surface area contributed by atoms with Crippen LogP contribution in [-0.2, 0) is 22.6 Å². The molecule has 1 amide bonds. The van der Waals surface area contributed by atoms with Crippen molar-refractivity contribution in [3.05, 3.63) is 48.5 Å². The largest absolute Gasteiger partial charge is 0.374 e. The van der Waals surface area contributed by atoms with E-state index in [1.54, 1.807) is 12.4 Å². The molecule has 7 heteroatoms. The minimum atomic E-state index is 0.00962. The Kier molecular flexibility index (Phi) is 5.33. The lowest BCUT2D eigenvalue weighted by molar-refractivity contribution is -0.124. The minimum absolute atomic E-state index is 0.00962. The second kappa shape index (κ2) is 7.85. The van der Waals surface area contributed by atoms with Crippen LogP contribution in [0.25, 0.3) is 0 Å². The first-order valence-corrected chi connectivity index (χ1v) is 7.77. The molecule has 1 saturated heterocycles. The molecule has 122 valence electrons. The van der Waals surface area contributed by atoms with Gasteiger partial charge in [0.1, 0.15) is 0 Å². The Morgan fingerprint density at radius 1 is 1.35 bits per heavy atom. The predicted octanol–water partition coefficient (Wildman–Crippen LogP) is 0.295. The molecule has 2 aromatic heterocycles. The van der Waals surface area contributed by atoms with E-state index in [-0.39, 0.29) is 12.0 Å². The number of rotatable bonds is 6. The molecule has 23 heavy (non-hydrogen) atoms. The molecule has 1 aliphatic rings. The molecule has 7 nitrogen and oxygen atoms in total. The van der Waals surface area contributed by atoms with Gasteiger partial charge >= 0.3 is 0 Å². The summed E-state index contributed by atoms with van der Waals surface area (Å²) in [5.74, 6) is 0.00962. The van der Waals surface area contributed by atoms with Crippen LogP contribution in [0.3, 0.4) is 0 Å². The average molecular weight is 315 g/mol. The highest BCUT2D eigenvalue weighted by atomic mass is 16.5. The highest BCUT2D eigenvalue weighted by Crippen LogP contribution is 2.07. The summed E-state index contributed by atoms with van der Waals surface area (Å²) >= 11 is 0. The molecule has 0 aliphatic carbocycles. The second-order valence-corrected chi connectivity index (χ2v) is 5.55. The molecule has 0 radical (unpaired) electrons. The fourth-order valence-corrected chi connectivity index (χ4v) is 2.60. The fourth-order valence-electron chi connectivity index (χ4n) is 2.60. The van der Waals surface area contributed by atoms with Gasteiger partial charge < -0.3 is 10.1 Å². The Morgan fingerprint density at radius 3 is 3.09 bits per heavy atom. The van der Waals surface area contributed by atoms with E-state index >= 15 is 0 Å². The predicted molar refractivity (Wildman–Crippen MR) is 84.5 cm³/mol. The summed E-state index contributed by atoms with van der Waals surface area (Å²) < 4.78 is 7.60. The van der Waals surface area contributed by atoms with Gasteiger partial charge in [0.2, 0.25) is 5.91 Å². The van der Waals surface area contributed by atoms with E-state index in [2.05, 4.69) is 20.3 Å². The summed E-state index contributed by atoms with van der Waals surface area (Å²) in [6, 6.07) is 7.57. The molecule has 0 aromatic carbocycles. The van der Waals surface area contributed by atoms with Gasteiger partial charge in [0.15, 0.2) is 0 Å². The molecule has 1 unspecified atom stereocenters. The maximum absolute atomic E-state index is 12.1. The quantitative estimate of drug-likeness (QED) is 0.830. The Hall–Kier alpha value is -2.25. The van der Waals surface area contributed by atoms with Crippen LogP contribution in [-0.4, -0.2) is 57.9 Å². The summed E-state index contributed by atoms with van der Waals surface area (Å²) in [5, 5.41) is 7.10. The van der Waals surface area contributed by atoms with Crippen LogP contribution in [0.4, 0.5) is 0 Å². The van der Waals surface area contributed by atoms with Crippen molar-refractivity contribution < 1.29 is 9.53 Å². The third-order valence-corrected chi connectivity index (χ3v) is 3.73. The normalized spacial score (nSPS) is 18.7. The third kappa shape index (κ3) is 4.87. The summed E-state index contributed by atoms with van der Waals surface area (Å²) in [5.41, 5.74) is 0.861. The van der Waals surface area contributed by atoms with Crippen molar-refractivity contribution in [1.82, 2.24) is 25.0 Å². The van der Waals surface area contributed by atoms with E-state index in [1.807, 2.05) is 35.1 Å². The zero-order chi connectivity index (χ0) is 15.9. The van der Waals surface area contributed by atoms with E-state index in [4.69, 9.17) is 4.74 Å². The molecular weight excluding hydrogens is 294 g/mol. The molecule has 1 aliphatic heterocycles. The van der Waals surface area contributed by atoms with Gasteiger partial charge in [-0.25, -0.2) is 0 Å². The van der Waals surface area contributed by atoms with Gasteiger partial charge in [-0.05, 0) is 18.2 Å². The van der Waals surface area contributed by atoms with Gasteiger partial charge in [-0.1, -0.05) is 6.07 Å². The van der Waals surface area contributed by atoms with Crippen LogP contribution < -0.4 is 5.32 Å². The van der Waals surface area contributed by atoms with Crippen LogP contribution in [0.15, 0.2) is 42.9 Å². The molecular formula is C16H21N5O2. The van der Waals surface area contributed by atoms with E-state index in [0.29, 0.717) is 26.2 Å². The van der Waals surface area contributed by atoms with Gasteiger partial charge in [-0.15, -0.1) is 0 Å². The lowest BCUT2D eigenvalue weighted by atomic mass is 10.2.